The molecule has 1 atom stereocenters. The lowest BCUT2D eigenvalue weighted by atomic mass is 10.1. The Morgan fingerprint density at radius 3 is 2.39 bits per heavy atom. The summed E-state index contributed by atoms with van der Waals surface area (Å²) in [5, 5.41) is 3.33. The second-order valence-electron chi connectivity index (χ2n) is 6.44. The zero-order chi connectivity index (χ0) is 20.4. The Balaban J connectivity index is 2.17. The van der Waals surface area contributed by atoms with Crippen LogP contribution in [0.25, 0.3) is 0 Å². The van der Waals surface area contributed by atoms with Crippen LogP contribution in [0.2, 0.25) is 5.02 Å². The largest absolute Gasteiger partial charge is 0.482 e. The van der Waals surface area contributed by atoms with Gasteiger partial charge in [-0.2, -0.15) is 0 Å². The van der Waals surface area contributed by atoms with E-state index in [0.29, 0.717) is 30.3 Å². The zero-order valence-electron chi connectivity index (χ0n) is 16.4. The number of hydrogen-bond donors (Lipinski definition) is 1. The fraction of sp³-hybridized carbons (Fsp3) is 0.364. The van der Waals surface area contributed by atoms with Crippen molar-refractivity contribution >= 4 is 23.4 Å². The predicted molar refractivity (Wildman–Crippen MR) is 111 cm³/mol. The van der Waals surface area contributed by atoms with Gasteiger partial charge in [-0.1, -0.05) is 67.9 Å². The average Bonchev–Trinajstić information content (AvgIpc) is 2.72. The topological polar surface area (TPSA) is 58.6 Å². The maximum atomic E-state index is 13.0. The smallest absolute Gasteiger partial charge is 0.261 e. The first kappa shape index (κ1) is 21.8. The molecule has 5 nitrogen and oxygen atoms in total. The number of carbonyl (C=O) groups excluding carboxylic acids is 2. The molecular formula is C22H27ClN2O3. The number of hydrogen-bond acceptors (Lipinski definition) is 3. The summed E-state index contributed by atoms with van der Waals surface area (Å²) in [6, 6.07) is 16.1. The van der Waals surface area contributed by atoms with Crippen LogP contribution in [0.1, 0.15) is 32.3 Å². The summed E-state index contributed by atoms with van der Waals surface area (Å²) in [6.07, 6.45) is 1.35. The molecule has 0 aliphatic heterocycles. The number of benzene rings is 2. The molecule has 0 aliphatic rings. The summed E-state index contributed by atoms with van der Waals surface area (Å²) in [7, 11) is 0. The summed E-state index contributed by atoms with van der Waals surface area (Å²) < 4.78 is 5.62. The van der Waals surface area contributed by atoms with Crippen molar-refractivity contribution in [1.29, 1.82) is 0 Å². The van der Waals surface area contributed by atoms with Gasteiger partial charge in [0.25, 0.3) is 5.91 Å². The molecule has 1 N–H and O–H groups in total. The van der Waals surface area contributed by atoms with Crippen molar-refractivity contribution in [3.8, 4) is 5.75 Å². The van der Waals surface area contributed by atoms with Gasteiger partial charge in [0.2, 0.25) is 5.91 Å². The minimum Gasteiger partial charge on any atom is -0.482 e. The number of nitrogens with zero attached hydrogens (tertiary/aromatic N) is 1. The Hall–Kier alpha value is -2.53. The first-order chi connectivity index (χ1) is 13.6. The maximum absolute atomic E-state index is 13.0. The number of carbonyl (C=O) groups is 2. The lowest BCUT2D eigenvalue weighted by molar-refractivity contribution is -0.143. The van der Waals surface area contributed by atoms with E-state index in [1.54, 1.807) is 29.2 Å². The van der Waals surface area contributed by atoms with Gasteiger partial charge in [-0.15, -0.1) is 0 Å². The molecule has 150 valence electrons. The summed E-state index contributed by atoms with van der Waals surface area (Å²) >= 11 is 6.10. The van der Waals surface area contributed by atoms with Crippen molar-refractivity contribution in [2.45, 2.75) is 39.3 Å². The van der Waals surface area contributed by atoms with Crippen LogP contribution in [0.4, 0.5) is 0 Å². The van der Waals surface area contributed by atoms with Gasteiger partial charge >= 0.3 is 0 Å². The lowest BCUT2D eigenvalue weighted by Crippen LogP contribution is -2.50. The highest BCUT2D eigenvalue weighted by molar-refractivity contribution is 6.32. The van der Waals surface area contributed by atoms with Crippen molar-refractivity contribution in [3.63, 3.8) is 0 Å². The van der Waals surface area contributed by atoms with Crippen molar-refractivity contribution in [2.75, 3.05) is 13.2 Å². The van der Waals surface area contributed by atoms with Crippen molar-refractivity contribution in [2.24, 2.45) is 0 Å². The molecule has 0 aliphatic carbocycles. The van der Waals surface area contributed by atoms with Crippen molar-refractivity contribution in [3.05, 3.63) is 65.2 Å². The van der Waals surface area contributed by atoms with E-state index in [9.17, 15) is 9.59 Å². The van der Waals surface area contributed by atoms with Crippen LogP contribution in [-0.4, -0.2) is 35.9 Å². The molecule has 0 saturated carbocycles. The second-order valence-corrected chi connectivity index (χ2v) is 6.85. The first-order valence-corrected chi connectivity index (χ1v) is 9.93. The van der Waals surface area contributed by atoms with Gasteiger partial charge in [0.05, 0.1) is 5.02 Å². The summed E-state index contributed by atoms with van der Waals surface area (Å²) in [4.78, 5) is 27.2. The van der Waals surface area contributed by atoms with Crippen LogP contribution in [0.3, 0.4) is 0 Å². The van der Waals surface area contributed by atoms with E-state index in [-0.39, 0.29) is 18.4 Å². The molecule has 0 aromatic heterocycles. The van der Waals surface area contributed by atoms with Gasteiger partial charge < -0.3 is 15.0 Å². The molecule has 0 unspecified atom stereocenters. The van der Waals surface area contributed by atoms with Crippen LogP contribution in [0, 0.1) is 0 Å². The van der Waals surface area contributed by atoms with Gasteiger partial charge in [0, 0.05) is 13.1 Å². The van der Waals surface area contributed by atoms with Crippen LogP contribution in [0.5, 0.6) is 5.75 Å². The van der Waals surface area contributed by atoms with Gasteiger partial charge in [-0.25, -0.2) is 0 Å². The van der Waals surface area contributed by atoms with E-state index < -0.39 is 6.04 Å². The number of halogens is 1. The Bertz CT molecular complexity index is 767. The molecule has 2 amide bonds. The van der Waals surface area contributed by atoms with E-state index in [0.717, 1.165) is 12.0 Å². The number of ether oxygens (including phenoxy) is 1. The number of rotatable bonds is 10. The second kappa shape index (κ2) is 11.3. The molecule has 0 radical (unpaired) electrons. The monoisotopic (exact) mass is 402 g/mol. The fourth-order valence-electron chi connectivity index (χ4n) is 2.85. The molecular weight excluding hydrogens is 376 g/mol. The average molecular weight is 403 g/mol. The van der Waals surface area contributed by atoms with Crippen LogP contribution in [0.15, 0.2) is 54.6 Å². The van der Waals surface area contributed by atoms with E-state index in [1.807, 2.05) is 44.2 Å². The van der Waals surface area contributed by atoms with Crippen LogP contribution < -0.4 is 10.1 Å². The molecule has 0 heterocycles. The molecule has 0 saturated heterocycles. The molecule has 2 aromatic rings. The Morgan fingerprint density at radius 2 is 1.75 bits per heavy atom. The minimum atomic E-state index is -0.561. The Labute approximate surface area is 171 Å². The third-order valence-corrected chi connectivity index (χ3v) is 4.63. The fourth-order valence-corrected chi connectivity index (χ4v) is 3.04. The Kier molecular flexibility index (Phi) is 8.82. The number of amides is 2. The highest BCUT2D eigenvalue weighted by Gasteiger charge is 2.28. The van der Waals surface area contributed by atoms with E-state index >= 15 is 0 Å². The van der Waals surface area contributed by atoms with Crippen molar-refractivity contribution < 1.29 is 14.3 Å². The number of nitrogens with one attached hydrogen (secondary N) is 1. The van der Waals surface area contributed by atoms with Crippen LogP contribution >= 0.6 is 11.6 Å². The molecule has 0 spiro atoms. The summed E-state index contributed by atoms with van der Waals surface area (Å²) in [5.41, 5.74) is 0.954. The van der Waals surface area contributed by atoms with Gasteiger partial charge in [-0.3, -0.25) is 9.59 Å². The van der Waals surface area contributed by atoms with Gasteiger partial charge in [0.15, 0.2) is 6.61 Å². The third-order valence-electron chi connectivity index (χ3n) is 4.32. The van der Waals surface area contributed by atoms with E-state index in [2.05, 4.69) is 5.32 Å². The molecule has 28 heavy (non-hydrogen) atoms. The standard InChI is InChI=1S/C22H27ClN2O3/c1-3-14-24-22(27)19(4-2)25(15-17-10-6-5-7-11-17)21(26)16-28-20-13-9-8-12-18(20)23/h5-13,19H,3-4,14-16H2,1-2H3,(H,24,27)/t19-/m0/s1. The quantitative estimate of drug-likeness (QED) is 0.652. The SMILES string of the molecule is CCCNC(=O)[C@H](CC)N(Cc1ccccc1)C(=O)COc1ccccc1Cl. The van der Waals surface area contributed by atoms with Gasteiger partial charge in [0.1, 0.15) is 11.8 Å². The highest BCUT2D eigenvalue weighted by atomic mass is 35.5. The predicted octanol–water partition coefficient (Wildman–Crippen LogP) is 4.05. The molecule has 2 rings (SSSR count). The van der Waals surface area contributed by atoms with Crippen LogP contribution in [-0.2, 0) is 16.1 Å². The summed E-state index contributed by atoms with van der Waals surface area (Å²) in [5.74, 6) is 0.0364. The minimum absolute atomic E-state index is 0.147. The maximum Gasteiger partial charge on any atom is 0.261 e. The summed E-state index contributed by atoms with van der Waals surface area (Å²) in [6.45, 7) is 4.62. The number of para-hydroxylation sites is 1. The first-order valence-electron chi connectivity index (χ1n) is 9.55. The lowest BCUT2D eigenvalue weighted by Gasteiger charge is -2.30. The molecule has 0 bridgehead atoms. The molecule has 2 aromatic carbocycles. The normalized spacial score (nSPS) is 11.5. The molecule has 6 heteroatoms. The van der Waals surface area contributed by atoms with E-state index in [4.69, 9.17) is 16.3 Å². The zero-order valence-corrected chi connectivity index (χ0v) is 17.1. The third kappa shape index (κ3) is 6.27. The Morgan fingerprint density at radius 1 is 1.07 bits per heavy atom. The van der Waals surface area contributed by atoms with Crippen molar-refractivity contribution in [1.82, 2.24) is 10.2 Å². The van der Waals surface area contributed by atoms with Gasteiger partial charge in [-0.05, 0) is 30.5 Å². The highest BCUT2D eigenvalue weighted by Crippen LogP contribution is 2.23. The molecule has 0 fully saturated rings. The van der Waals surface area contributed by atoms with E-state index in [1.165, 1.54) is 0 Å².